The Bertz CT molecular complexity index is 914. The van der Waals surface area contributed by atoms with E-state index < -0.39 is 0 Å². The number of likely N-dealkylation sites (tertiary alicyclic amines) is 1. The monoisotopic (exact) mass is 411 g/mol. The van der Waals surface area contributed by atoms with Crippen LogP contribution in [0.3, 0.4) is 0 Å². The van der Waals surface area contributed by atoms with Crippen molar-refractivity contribution in [3.05, 3.63) is 59.4 Å². The Kier molecular flexibility index (Phi) is 6.73. The van der Waals surface area contributed by atoms with Crippen molar-refractivity contribution in [3.8, 4) is 5.75 Å². The molecule has 2 aromatic carbocycles. The minimum atomic E-state index is 0.331. The first-order chi connectivity index (χ1) is 14.2. The first kappa shape index (κ1) is 20.2. The molecule has 1 aliphatic rings. The van der Waals surface area contributed by atoms with Crippen molar-refractivity contribution in [2.45, 2.75) is 51.6 Å². The van der Waals surface area contributed by atoms with Crippen LogP contribution in [0.1, 0.15) is 50.9 Å². The molecule has 4 nitrogen and oxygen atoms in total. The molecule has 29 heavy (non-hydrogen) atoms. The van der Waals surface area contributed by atoms with Gasteiger partial charge in [0.15, 0.2) is 0 Å². The van der Waals surface area contributed by atoms with Crippen LogP contribution in [0.15, 0.2) is 48.5 Å². The smallest absolute Gasteiger partial charge is 0.127 e. The number of hydrogen-bond donors (Lipinski definition) is 0. The zero-order valence-corrected chi connectivity index (χ0v) is 17.9. The fraction of sp³-hybridized carbons (Fsp3) is 0.458. The first-order valence-corrected chi connectivity index (χ1v) is 11.2. The number of benzene rings is 2. The summed E-state index contributed by atoms with van der Waals surface area (Å²) in [6.45, 7) is 6.23. The normalized spacial score (nSPS) is 16.6. The van der Waals surface area contributed by atoms with E-state index in [0.717, 1.165) is 29.3 Å². The zero-order valence-electron chi connectivity index (χ0n) is 17.2. The summed E-state index contributed by atoms with van der Waals surface area (Å²) in [5.41, 5.74) is 2.30. The summed E-state index contributed by atoms with van der Waals surface area (Å²) >= 11 is 5.95. The second-order valence-electron chi connectivity index (χ2n) is 7.89. The van der Waals surface area contributed by atoms with Crippen LogP contribution in [0.25, 0.3) is 11.0 Å². The molecule has 1 saturated heterocycles. The van der Waals surface area contributed by atoms with Gasteiger partial charge in [-0.15, -0.1) is 0 Å². The molecule has 1 aliphatic heterocycles. The number of para-hydroxylation sites is 2. The number of fused-ring (bicyclic) bond motifs is 1. The van der Waals surface area contributed by atoms with E-state index in [1.807, 2.05) is 24.3 Å². The van der Waals surface area contributed by atoms with Crippen molar-refractivity contribution in [2.24, 2.45) is 0 Å². The Balaban J connectivity index is 1.48. The molecule has 0 amide bonds. The lowest BCUT2D eigenvalue weighted by molar-refractivity contribution is 0.206. The van der Waals surface area contributed by atoms with Gasteiger partial charge >= 0.3 is 0 Å². The molecule has 4 rings (SSSR count). The lowest BCUT2D eigenvalue weighted by Gasteiger charge is -2.27. The maximum absolute atomic E-state index is 5.95. The summed E-state index contributed by atoms with van der Waals surface area (Å²) in [5, 5.41) is 0.731. The molecular formula is C24H30ClN3O. The molecule has 1 fully saturated rings. The molecule has 0 bridgehead atoms. The maximum Gasteiger partial charge on any atom is 0.127 e. The minimum absolute atomic E-state index is 0.331. The van der Waals surface area contributed by atoms with E-state index in [2.05, 4.69) is 40.7 Å². The van der Waals surface area contributed by atoms with Gasteiger partial charge in [-0.05, 0) is 75.7 Å². The Hall–Kier alpha value is -2.04. The van der Waals surface area contributed by atoms with Crippen LogP contribution < -0.4 is 4.74 Å². The highest BCUT2D eigenvalue weighted by Gasteiger charge is 2.23. The number of halogens is 1. The molecule has 0 saturated carbocycles. The topological polar surface area (TPSA) is 30.3 Å². The zero-order chi connectivity index (χ0) is 20.1. The maximum atomic E-state index is 5.95. The summed E-state index contributed by atoms with van der Waals surface area (Å²) in [5.74, 6) is 2.04. The number of nitrogens with zero attached hydrogens (tertiary/aromatic N) is 3. The van der Waals surface area contributed by atoms with E-state index in [4.69, 9.17) is 21.3 Å². The Morgan fingerprint density at radius 2 is 1.72 bits per heavy atom. The van der Waals surface area contributed by atoms with Crippen LogP contribution in [0, 0.1) is 0 Å². The van der Waals surface area contributed by atoms with Crippen molar-refractivity contribution >= 4 is 22.6 Å². The second-order valence-corrected chi connectivity index (χ2v) is 8.33. The Morgan fingerprint density at radius 1 is 1.00 bits per heavy atom. The molecule has 1 aromatic heterocycles. The van der Waals surface area contributed by atoms with Crippen molar-refractivity contribution in [1.82, 2.24) is 14.5 Å². The molecular weight excluding hydrogens is 382 g/mol. The van der Waals surface area contributed by atoms with Gasteiger partial charge in [-0.3, -0.25) is 4.90 Å². The van der Waals surface area contributed by atoms with Gasteiger partial charge < -0.3 is 9.30 Å². The predicted octanol–water partition coefficient (Wildman–Crippen LogP) is 6.10. The highest BCUT2D eigenvalue weighted by Crippen LogP contribution is 2.27. The Labute approximate surface area is 178 Å². The lowest BCUT2D eigenvalue weighted by Crippen LogP contribution is -2.30. The van der Waals surface area contributed by atoms with E-state index in [0.29, 0.717) is 12.6 Å². The SMILES string of the molecule is CC(c1nc2ccccc2n1CCCOc1ccc(Cl)cc1)N1CCCCCC1. The predicted molar refractivity (Wildman–Crippen MR) is 120 cm³/mol. The van der Waals surface area contributed by atoms with Gasteiger partial charge in [-0.25, -0.2) is 4.98 Å². The second kappa shape index (κ2) is 9.64. The van der Waals surface area contributed by atoms with Crippen molar-refractivity contribution in [3.63, 3.8) is 0 Å². The van der Waals surface area contributed by atoms with E-state index >= 15 is 0 Å². The molecule has 0 N–H and O–H groups in total. The number of imidazole rings is 1. The van der Waals surface area contributed by atoms with Crippen molar-refractivity contribution in [2.75, 3.05) is 19.7 Å². The molecule has 0 aliphatic carbocycles. The summed E-state index contributed by atoms with van der Waals surface area (Å²) in [6, 6.07) is 16.4. The quantitative estimate of drug-likeness (QED) is 0.440. The van der Waals surface area contributed by atoms with Crippen LogP contribution >= 0.6 is 11.6 Å². The van der Waals surface area contributed by atoms with Crippen LogP contribution in [-0.2, 0) is 6.54 Å². The standard InChI is InChI=1S/C24H30ClN3O/c1-19(27-15-6-2-3-7-16-27)24-26-22-9-4-5-10-23(22)28(24)17-8-18-29-21-13-11-20(25)12-14-21/h4-5,9-14,19H,2-3,6-8,15-18H2,1H3. The largest absolute Gasteiger partial charge is 0.494 e. The van der Waals surface area contributed by atoms with Crippen LogP contribution in [0.4, 0.5) is 0 Å². The average molecular weight is 412 g/mol. The van der Waals surface area contributed by atoms with E-state index in [9.17, 15) is 0 Å². The number of ether oxygens (including phenoxy) is 1. The van der Waals surface area contributed by atoms with Gasteiger partial charge in [0.1, 0.15) is 11.6 Å². The molecule has 2 heterocycles. The van der Waals surface area contributed by atoms with E-state index in [1.54, 1.807) is 0 Å². The van der Waals surface area contributed by atoms with Crippen molar-refractivity contribution in [1.29, 1.82) is 0 Å². The fourth-order valence-electron chi connectivity index (χ4n) is 4.24. The molecule has 0 radical (unpaired) electrons. The number of aromatic nitrogens is 2. The fourth-order valence-corrected chi connectivity index (χ4v) is 4.36. The lowest BCUT2D eigenvalue weighted by atomic mass is 10.2. The molecule has 5 heteroatoms. The third-order valence-electron chi connectivity index (χ3n) is 5.85. The van der Waals surface area contributed by atoms with Crippen LogP contribution in [0.5, 0.6) is 5.75 Å². The minimum Gasteiger partial charge on any atom is -0.494 e. The molecule has 0 spiro atoms. The van der Waals surface area contributed by atoms with E-state index in [-0.39, 0.29) is 0 Å². The van der Waals surface area contributed by atoms with Gasteiger partial charge in [-0.1, -0.05) is 36.6 Å². The van der Waals surface area contributed by atoms with Gasteiger partial charge in [0.05, 0.1) is 23.7 Å². The summed E-state index contributed by atoms with van der Waals surface area (Å²) < 4.78 is 8.30. The van der Waals surface area contributed by atoms with Crippen molar-refractivity contribution < 1.29 is 4.74 Å². The average Bonchev–Trinajstić information content (AvgIpc) is 2.90. The summed E-state index contributed by atoms with van der Waals surface area (Å²) in [6.07, 6.45) is 6.21. The van der Waals surface area contributed by atoms with Crippen LogP contribution in [-0.4, -0.2) is 34.1 Å². The summed E-state index contributed by atoms with van der Waals surface area (Å²) in [4.78, 5) is 7.64. The summed E-state index contributed by atoms with van der Waals surface area (Å²) in [7, 11) is 0. The Morgan fingerprint density at radius 3 is 2.48 bits per heavy atom. The molecule has 3 aromatic rings. The molecule has 1 unspecified atom stereocenters. The van der Waals surface area contributed by atoms with E-state index in [1.165, 1.54) is 50.1 Å². The van der Waals surface area contributed by atoms with Crippen LogP contribution in [0.2, 0.25) is 5.02 Å². The highest BCUT2D eigenvalue weighted by atomic mass is 35.5. The van der Waals surface area contributed by atoms with Gasteiger partial charge in [0.2, 0.25) is 0 Å². The molecule has 1 atom stereocenters. The third-order valence-corrected chi connectivity index (χ3v) is 6.11. The highest BCUT2D eigenvalue weighted by molar-refractivity contribution is 6.30. The first-order valence-electron chi connectivity index (χ1n) is 10.8. The van der Waals surface area contributed by atoms with Gasteiger partial charge in [-0.2, -0.15) is 0 Å². The van der Waals surface area contributed by atoms with Gasteiger partial charge in [0.25, 0.3) is 0 Å². The third kappa shape index (κ3) is 4.93. The number of aryl methyl sites for hydroxylation is 1. The molecule has 154 valence electrons. The van der Waals surface area contributed by atoms with Gasteiger partial charge in [0, 0.05) is 11.6 Å². The number of hydrogen-bond acceptors (Lipinski definition) is 3. The number of rotatable bonds is 7.